The van der Waals surface area contributed by atoms with Crippen LogP contribution < -0.4 is 15.0 Å². The summed E-state index contributed by atoms with van der Waals surface area (Å²) in [5.41, 5.74) is 3.75. The number of benzene rings is 3. The molecule has 0 saturated heterocycles. The fraction of sp³-hybridized carbons (Fsp3) is 0.185. The van der Waals surface area contributed by atoms with Crippen LogP contribution >= 0.6 is 0 Å². The molecule has 0 aromatic heterocycles. The predicted molar refractivity (Wildman–Crippen MR) is 128 cm³/mol. The Morgan fingerprint density at radius 1 is 0.909 bits per heavy atom. The molecule has 0 atom stereocenters. The van der Waals surface area contributed by atoms with E-state index >= 15 is 0 Å². The van der Waals surface area contributed by atoms with Crippen molar-refractivity contribution in [3.05, 3.63) is 94.9 Å². The Morgan fingerprint density at radius 2 is 1.64 bits per heavy atom. The van der Waals surface area contributed by atoms with Crippen LogP contribution in [0.3, 0.4) is 0 Å². The van der Waals surface area contributed by atoms with Crippen LogP contribution in [0.15, 0.2) is 72.4 Å². The normalized spacial score (nSPS) is 13.8. The maximum Gasteiger partial charge on any atom is 0.282 e. The molecule has 5 nitrogen and oxygen atoms in total. The largest absolute Gasteiger partial charge is 0.491 e. The molecule has 0 fully saturated rings. The molecular formula is C27H25FN2O3. The van der Waals surface area contributed by atoms with E-state index in [0.29, 0.717) is 22.7 Å². The summed E-state index contributed by atoms with van der Waals surface area (Å²) in [6.45, 7) is 7.71. The number of hydrogen-bond donors (Lipinski definition) is 1. The molecule has 0 spiro atoms. The van der Waals surface area contributed by atoms with Crippen LogP contribution in [0.1, 0.15) is 30.5 Å². The fourth-order valence-corrected chi connectivity index (χ4v) is 3.88. The first-order valence-corrected chi connectivity index (χ1v) is 10.7. The highest BCUT2D eigenvalue weighted by Gasteiger charge is 2.40. The SMILES string of the molecule is Cc1ccc(C2=C(Nc3cccc(F)c3)C(=O)N(c3ccc(OC(C)C)cc3)C2=O)c(C)c1. The number of imide groups is 1. The number of anilines is 2. The summed E-state index contributed by atoms with van der Waals surface area (Å²) in [5.74, 6) is -0.739. The van der Waals surface area contributed by atoms with E-state index in [-0.39, 0.29) is 17.4 Å². The second kappa shape index (κ2) is 8.90. The van der Waals surface area contributed by atoms with Crippen molar-refractivity contribution >= 4 is 28.8 Å². The van der Waals surface area contributed by atoms with Gasteiger partial charge in [0.1, 0.15) is 17.3 Å². The Balaban J connectivity index is 1.78. The molecular weight excluding hydrogens is 419 g/mol. The zero-order valence-electron chi connectivity index (χ0n) is 19.0. The number of nitrogens with zero attached hydrogens (tertiary/aromatic N) is 1. The minimum Gasteiger partial charge on any atom is -0.491 e. The number of rotatable bonds is 6. The van der Waals surface area contributed by atoms with Gasteiger partial charge in [0, 0.05) is 5.69 Å². The highest BCUT2D eigenvalue weighted by atomic mass is 19.1. The third kappa shape index (κ3) is 4.51. The van der Waals surface area contributed by atoms with Crippen molar-refractivity contribution in [3.63, 3.8) is 0 Å². The van der Waals surface area contributed by atoms with Crippen LogP contribution in [0.4, 0.5) is 15.8 Å². The summed E-state index contributed by atoms with van der Waals surface area (Å²) in [6, 6.07) is 18.3. The van der Waals surface area contributed by atoms with Crippen molar-refractivity contribution in [2.75, 3.05) is 10.2 Å². The number of carbonyl (C=O) groups is 2. The Morgan fingerprint density at radius 3 is 2.27 bits per heavy atom. The molecule has 3 aromatic rings. The fourth-order valence-electron chi connectivity index (χ4n) is 3.88. The lowest BCUT2D eigenvalue weighted by atomic mass is 9.97. The molecule has 0 bridgehead atoms. The Bertz CT molecular complexity index is 1260. The van der Waals surface area contributed by atoms with Crippen molar-refractivity contribution in [2.45, 2.75) is 33.8 Å². The van der Waals surface area contributed by atoms with Gasteiger partial charge in [0.05, 0.1) is 17.4 Å². The smallest absolute Gasteiger partial charge is 0.282 e. The molecule has 1 N–H and O–H groups in total. The van der Waals surface area contributed by atoms with Crippen molar-refractivity contribution in [1.29, 1.82) is 0 Å². The zero-order valence-corrected chi connectivity index (χ0v) is 19.0. The molecule has 0 aliphatic carbocycles. The summed E-state index contributed by atoms with van der Waals surface area (Å²) in [5, 5.41) is 2.99. The number of amides is 2. The van der Waals surface area contributed by atoms with E-state index < -0.39 is 17.6 Å². The highest BCUT2D eigenvalue weighted by molar-refractivity contribution is 6.46. The molecule has 3 aromatic carbocycles. The van der Waals surface area contributed by atoms with Crippen LogP contribution in [0.25, 0.3) is 5.57 Å². The molecule has 0 radical (unpaired) electrons. The third-order valence-corrected chi connectivity index (χ3v) is 5.30. The zero-order chi connectivity index (χ0) is 23.7. The summed E-state index contributed by atoms with van der Waals surface area (Å²) < 4.78 is 19.5. The van der Waals surface area contributed by atoms with Gasteiger partial charge in [0.2, 0.25) is 0 Å². The first-order valence-electron chi connectivity index (χ1n) is 10.7. The van der Waals surface area contributed by atoms with Gasteiger partial charge in [0.15, 0.2) is 0 Å². The summed E-state index contributed by atoms with van der Waals surface area (Å²) in [4.78, 5) is 28.2. The van der Waals surface area contributed by atoms with Gasteiger partial charge in [-0.15, -0.1) is 0 Å². The Labute approximate surface area is 192 Å². The Kier molecular flexibility index (Phi) is 6.01. The van der Waals surface area contributed by atoms with Gasteiger partial charge in [-0.3, -0.25) is 9.59 Å². The minimum absolute atomic E-state index is 0.00533. The lowest BCUT2D eigenvalue weighted by molar-refractivity contribution is -0.120. The molecule has 0 unspecified atom stereocenters. The molecule has 4 rings (SSSR count). The minimum atomic E-state index is -0.503. The number of aryl methyl sites for hydroxylation is 2. The van der Waals surface area contributed by atoms with E-state index in [9.17, 15) is 14.0 Å². The van der Waals surface area contributed by atoms with Crippen molar-refractivity contribution in [1.82, 2.24) is 0 Å². The third-order valence-electron chi connectivity index (χ3n) is 5.30. The summed E-state index contributed by atoms with van der Waals surface area (Å²) in [7, 11) is 0. The summed E-state index contributed by atoms with van der Waals surface area (Å²) in [6.07, 6.45) is 0.00533. The van der Waals surface area contributed by atoms with Crippen LogP contribution in [0, 0.1) is 19.7 Å². The molecule has 1 aliphatic rings. The highest BCUT2D eigenvalue weighted by Crippen LogP contribution is 2.35. The monoisotopic (exact) mass is 444 g/mol. The van der Waals surface area contributed by atoms with E-state index in [0.717, 1.165) is 16.0 Å². The first-order chi connectivity index (χ1) is 15.7. The van der Waals surface area contributed by atoms with Crippen LogP contribution in [-0.4, -0.2) is 17.9 Å². The molecule has 2 amide bonds. The van der Waals surface area contributed by atoms with E-state index in [2.05, 4.69) is 5.32 Å². The van der Waals surface area contributed by atoms with E-state index in [1.165, 1.54) is 12.1 Å². The number of hydrogen-bond acceptors (Lipinski definition) is 4. The lowest BCUT2D eigenvalue weighted by Gasteiger charge is -2.17. The molecule has 1 aliphatic heterocycles. The van der Waals surface area contributed by atoms with Gasteiger partial charge in [-0.2, -0.15) is 0 Å². The lowest BCUT2D eigenvalue weighted by Crippen LogP contribution is -2.32. The summed E-state index contributed by atoms with van der Waals surface area (Å²) >= 11 is 0. The van der Waals surface area contributed by atoms with E-state index in [1.54, 1.807) is 36.4 Å². The van der Waals surface area contributed by atoms with E-state index in [4.69, 9.17) is 4.74 Å². The van der Waals surface area contributed by atoms with Crippen LogP contribution in [-0.2, 0) is 9.59 Å². The average molecular weight is 445 g/mol. The molecule has 33 heavy (non-hydrogen) atoms. The van der Waals surface area contributed by atoms with Crippen molar-refractivity contribution in [2.24, 2.45) is 0 Å². The second-order valence-corrected chi connectivity index (χ2v) is 8.31. The number of ether oxygens (including phenoxy) is 1. The maximum absolute atomic E-state index is 13.8. The van der Waals surface area contributed by atoms with Gasteiger partial charge >= 0.3 is 0 Å². The standard InChI is InChI=1S/C27H25FN2O3/c1-16(2)33-22-11-9-21(10-12-22)30-26(31)24(23-13-8-17(3)14-18(23)4)25(27(30)32)29-20-7-5-6-19(28)15-20/h5-16,29H,1-4H3. The van der Waals surface area contributed by atoms with Gasteiger partial charge in [0.25, 0.3) is 11.8 Å². The quantitative estimate of drug-likeness (QED) is 0.501. The van der Waals surface area contributed by atoms with Gasteiger partial charge in [-0.05, 0) is 81.3 Å². The Hall–Kier alpha value is -3.93. The first kappa shape index (κ1) is 22.3. The number of halogens is 1. The van der Waals surface area contributed by atoms with E-state index in [1.807, 2.05) is 45.9 Å². The predicted octanol–water partition coefficient (Wildman–Crippen LogP) is 5.63. The van der Waals surface area contributed by atoms with Gasteiger partial charge < -0.3 is 10.1 Å². The van der Waals surface area contributed by atoms with Gasteiger partial charge in [-0.1, -0.05) is 29.8 Å². The second-order valence-electron chi connectivity index (χ2n) is 8.31. The van der Waals surface area contributed by atoms with Crippen LogP contribution in [0.2, 0.25) is 0 Å². The molecule has 6 heteroatoms. The number of nitrogens with one attached hydrogen (secondary N) is 1. The molecule has 1 heterocycles. The topological polar surface area (TPSA) is 58.6 Å². The number of carbonyl (C=O) groups excluding carboxylic acids is 2. The molecule has 0 saturated carbocycles. The molecule has 168 valence electrons. The average Bonchev–Trinajstić information content (AvgIpc) is 2.98. The van der Waals surface area contributed by atoms with Crippen molar-refractivity contribution in [3.8, 4) is 5.75 Å². The van der Waals surface area contributed by atoms with Gasteiger partial charge in [-0.25, -0.2) is 9.29 Å². The van der Waals surface area contributed by atoms with Crippen molar-refractivity contribution < 1.29 is 18.7 Å². The maximum atomic E-state index is 13.8. The van der Waals surface area contributed by atoms with Crippen LogP contribution in [0.5, 0.6) is 5.75 Å².